The summed E-state index contributed by atoms with van der Waals surface area (Å²) in [5.74, 6) is 0.825. The van der Waals surface area contributed by atoms with Gasteiger partial charge in [0.15, 0.2) is 5.16 Å². The fraction of sp³-hybridized carbons (Fsp3) is 0.261. The van der Waals surface area contributed by atoms with Crippen LogP contribution in [-0.2, 0) is 18.4 Å². The van der Waals surface area contributed by atoms with Gasteiger partial charge in [0.05, 0.1) is 5.56 Å². The molecule has 1 unspecified atom stereocenters. The Morgan fingerprint density at radius 1 is 1.13 bits per heavy atom. The standard InChI is InChI=1S/C23H23N3O3S/c1-14-4-6-15(7-5-14)13-29-17-10-8-16(9-11-17)18-12-19(27)24-21-20(18)22(28)25-23(30-3)26(21)2/h4-11,18H,12-13H2,1-3H3,(H,24,27). The minimum absolute atomic E-state index is 0.111. The smallest absolute Gasteiger partial charge is 0.279 e. The van der Waals surface area contributed by atoms with Crippen molar-refractivity contribution in [3.63, 3.8) is 0 Å². The van der Waals surface area contributed by atoms with Crippen LogP contribution in [0, 0.1) is 6.92 Å². The van der Waals surface area contributed by atoms with Gasteiger partial charge in [0.25, 0.3) is 5.56 Å². The summed E-state index contributed by atoms with van der Waals surface area (Å²) in [4.78, 5) is 29.3. The second-order valence-electron chi connectivity index (χ2n) is 7.37. The van der Waals surface area contributed by atoms with Gasteiger partial charge in [0.2, 0.25) is 5.91 Å². The largest absolute Gasteiger partial charge is 0.489 e. The molecule has 30 heavy (non-hydrogen) atoms. The number of anilines is 1. The van der Waals surface area contributed by atoms with Crippen molar-refractivity contribution in [1.29, 1.82) is 0 Å². The van der Waals surface area contributed by atoms with Crippen LogP contribution in [0.15, 0.2) is 58.5 Å². The molecule has 7 heteroatoms. The highest BCUT2D eigenvalue weighted by Crippen LogP contribution is 2.36. The van der Waals surface area contributed by atoms with E-state index in [9.17, 15) is 9.59 Å². The van der Waals surface area contributed by atoms with E-state index in [1.54, 1.807) is 4.57 Å². The Morgan fingerprint density at radius 3 is 2.50 bits per heavy atom. The molecule has 2 aromatic carbocycles. The minimum atomic E-state index is -0.331. The van der Waals surface area contributed by atoms with Crippen molar-refractivity contribution in [2.24, 2.45) is 7.05 Å². The number of carbonyl (C=O) groups excluding carboxylic acids is 1. The van der Waals surface area contributed by atoms with E-state index in [-0.39, 0.29) is 23.8 Å². The van der Waals surface area contributed by atoms with Crippen molar-refractivity contribution in [1.82, 2.24) is 9.55 Å². The Hall–Kier alpha value is -3.06. The van der Waals surface area contributed by atoms with Gasteiger partial charge in [-0.1, -0.05) is 53.7 Å². The number of fused-ring (bicyclic) bond motifs is 1. The third-order valence-electron chi connectivity index (χ3n) is 5.29. The van der Waals surface area contributed by atoms with Crippen LogP contribution in [0.4, 0.5) is 5.82 Å². The number of carbonyl (C=O) groups is 1. The first-order chi connectivity index (χ1) is 14.5. The third kappa shape index (κ3) is 3.98. The predicted molar refractivity (Wildman–Crippen MR) is 118 cm³/mol. The molecule has 3 aromatic rings. The summed E-state index contributed by atoms with van der Waals surface area (Å²) in [6.07, 6.45) is 2.07. The summed E-state index contributed by atoms with van der Waals surface area (Å²) < 4.78 is 7.65. The molecular formula is C23H23N3O3S. The quantitative estimate of drug-likeness (QED) is 0.500. The van der Waals surface area contributed by atoms with Crippen molar-refractivity contribution < 1.29 is 9.53 Å². The van der Waals surface area contributed by atoms with Gasteiger partial charge in [0.1, 0.15) is 18.2 Å². The van der Waals surface area contributed by atoms with Crippen LogP contribution in [0.3, 0.4) is 0 Å². The van der Waals surface area contributed by atoms with Crippen molar-refractivity contribution in [3.05, 3.63) is 81.1 Å². The van der Waals surface area contributed by atoms with E-state index in [0.29, 0.717) is 23.1 Å². The van der Waals surface area contributed by atoms with E-state index in [1.807, 2.05) is 49.7 Å². The summed E-state index contributed by atoms with van der Waals surface area (Å²) >= 11 is 1.37. The molecule has 1 N–H and O–H groups in total. The Kier molecular flexibility index (Phi) is 5.63. The number of nitrogens with zero attached hydrogens (tertiary/aromatic N) is 2. The second-order valence-corrected chi connectivity index (χ2v) is 8.15. The molecule has 0 spiro atoms. The van der Waals surface area contributed by atoms with Gasteiger partial charge in [-0.15, -0.1) is 0 Å². The van der Waals surface area contributed by atoms with Crippen LogP contribution in [-0.4, -0.2) is 21.7 Å². The van der Waals surface area contributed by atoms with Crippen LogP contribution < -0.4 is 15.6 Å². The SMILES string of the molecule is CSc1nc(=O)c2c(n1C)NC(=O)CC2c1ccc(OCc2ccc(C)cc2)cc1. The fourth-order valence-electron chi connectivity index (χ4n) is 3.65. The van der Waals surface area contributed by atoms with E-state index in [1.165, 1.54) is 17.3 Å². The first-order valence-electron chi connectivity index (χ1n) is 9.69. The molecule has 0 saturated heterocycles. The number of aryl methyl sites for hydroxylation is 1. The number of hydrogen-bond acceptors (Lipinski definition) is 5. The topological polar surface area (TPSA) is 73.2 Å². The molecule has 6 nitrogen and oxygen atoms in total. The van der Waals surface area contributed by atoms with Gasteiger partial charge < -0.3 is 14.6 Å². The third-order valence-corrected chi connectivity index (χ3v) is 6.02. The van der Waals surface area contributed by atoms with Gasteiger partial charge in [-0.05, 0) is 36.4 Å². The number of nitrogens with one attached hydrogen (secondary N) is 1. The van der Waals surface area contributed by atoms with Crippen LogP contribution in [0.5, 0.6) is 5.75 Å². The zero-order chi connectivity index (χ0) is 21.3. The maximum Gasteiger partial charge on any atom is 0.279 e. The molecule has 1 amide bonds. The number of benzene rings is 2. The summed E-state index contributed by atoms with van der Waals surface area (Å²) in [6, 6.07) is 15.8. The first-order valence-corrected chi connectivity index (χ1v) is 10.9. The van der Waals surface area contributed by atoms with E-state index < -0.39 is 0 Å². The monoisotopic (exact) mass is 421 g/mol. The molecule has 4 rings (SSSR count). The van der Waals surface area contributed by atoms with Crippen molar-refractivity contribution in [2.45, 2.75) is 31.0 Å². The van der Waals surface area contributed by atoms with Gasteiger partial charge in [0, 0.05) is 19.4 Å². The number of ether oxygens (including phenoxy) is 1. The molecule has 0 aliphatic carbocycles. The predicted octanol–water partition coefficient (Wildman–Crippen LogP) is 3.86. The highest BCUT2D eigenvalue weighted by molar-refractivity contribution is 7.98. The van der Waals surface area contributed by atoms with Crippen LogP contribution >= 0.6 is 11.8 Å². The fourth-order valence-corrected chi connectivity index (χ4v) is 4.19. The van der Waals surface area contributed by atoms with Crippen LogP contribution in [0.25, 0.3) is 0 Å². The van der Waals surface area contributed by atoms with E-state index in [2.05, 4.69) is 29.4 Å². The Balaban J connectivity index is 1.59. The normalized spacial score (nSPS) is 15.4. The van der Waals surface area contributed by atoms with Crippen molar-refractivity contribution >= 4 is 23.5 Å². The van der Waals surface area contributed by atoms with Gasteiger partial charge in [-0.25, -0.2) is 0 Å². The molecule has 2 heterocycles. The van der Waals surface area contributed by atoms with E-state index >= 15 is 0 Å². The van der Waals surface area contributed by atoms with Gasteiger partial charge >= 0.3 is 0 Å². The molecule has 0 radical (unpaired) electrons. The highest BCUT2D eigenvalue weighted by Gasteiger charge is 2.31. The Labute approximate surface area is 179 Å². The Morgan fingerprint density at radius 2 is 1.83 bits per heavy atom. The molecule has 1 atom stereocenters. The molecule has 154 valence electrons. The number of aromatic nitrogens is 2. The summed E-state index contributed by atoms with van der Waals surface area (Å²) in [5.41, 5.74) is 3.44. The lowest BCUT2D eigenvalue weighted by atomic mass is 9.87. The molecule has 1 aliphatic heterocycles. The maximum absolute atomic E-state index is 12.7. The minimum Gasteiger partial charge on any atom is -0.489 e. The summed E-state index contributed by atoms with van der Waals surface area (Å²) in [5, 5.41) is 3.41. The second kappa shape index (κ2) is 8.36. The average Bonchev–Trinajstić information content (AvgIpc) is 2.75. The lowest BCUT2D eigenvalue weighted by molar-refractivity contribution is -0.116. The molecular weight excluding hydrogens is 398 g/mol. The molecule has 0 bridgehead atoms. The Bertz CT molecular complexity index is 1140. The highest BCUT2D eigenvalue weighted by atomic mass is 32.2. The van der Waals surface area contributed by atoms with Crippen molar-refractivity contribution in [2.75, 3.05) is 11.6 Å². The van der Waals surface area contributed by atoms with Gasteiger partial charge in [-0.3, -0.25) is 9.59 Å². The number of hydrogen-bond donors (Lipinski definition) is 1. The number of thioether (sulfide) groups is 1. The van der Waals surface area contributed by atoms with Crippen LogP contribution in [0.2, 0.25) is 0 Å². The lowest BCUT2D eigenvalue weighted by Crippen LogP contribution is -2.33. The molecule has 1 aliphatic rings. The van der Waals surface area contributed by atoms with Crippen molar-refractivity contribution in [3.8, 4) is 5.75 Å². The number of amides is 1. The summed E-state index contributed by atoms with van der Waals surface area (Å²) in [6.45, 7) is 2.54. The first kappa shape index (κ1) is 20.2. The lowest BCUT2D eigenvalue weighted by Gasteiger charge is -2.27. The average molecular weight is 422 g/mol. The molecule has 1 aromatic heterocycles. The van der Waals surface area contributed by atoms with Gasteiger partial charge in [-0.2, -0.15) is 4.98 Å². The zero-order valence-corrected chi connectivity index (χ0v) is 18.0. The van der Waals surface area contributed by atoms with E-state index in [4.69, 9.17) is 4.74 Å². The van der Waals surface area contributed by atoms with E-state index in [0.717, 1.165) is 16.9 Å². The van der Waals surface area contributed by atoms with Crippen LogP contribution in [0.1, 0.15) is 34.6 Å². The number of rotatable bonds is 5. The maximum atomic E-state index is 12.7. The molecule has 0 fully saturated rings. The molecule has 0 saturated carbocycles. The summed E-state index contributed by atoms with van der Waals surface area (Å²) in [7, 11) is 1.81. The zero-order valence-electron chi connectivity index (χ0n) is 17.1.